The zero-order valence-corrected chi connectivity index (χ0v) is 10.4. The lowest BCUT2D eigenvalue weighted by Crippen LogP contribution is -2.31. The molecule has 2 amide bonds. The molecule has 0 aliphatic carbocycles. The van der Waals surface area contributed by atoms with E-state index in [1.165, 1.54) is 0 Å². The highest BCUT2D eigenvalue weighted by Gasteiger charge is 2.13. The lowest BCUT2D eigenvalue weighted by molar-refractivity contribution is 0.184. The number of anilines is 1. The number of hydrogen-bond donors (Lipinski definition) is 3. The number of amides is 2. The lowest BCUT2D eigenvalue weighted by Gasteiger charge is -2.10. The molecular formula is C11H13ClF2N2O2. The SMILES string of the molecule is CC(O)CCNC(=O)Nc1c(F)cc(Cl)cc1F. The second kappa shape index (κ2) is 6.51. The summed E-state index contributed by atoms with van der Waals surface area (Å²) in [6.45, 7) is 1.76. The number of aliphatic hydroxyl groups is 1. The van der Waals surface area contributed by atoms with Crippen LogP contribution in [0.5, 0.6) is 0 Å². The van der Waals surface area contributed by atoms with Gasteiger partial charge in [0.05, 0.1) is 6.10 Å². The van der Waals surface area contributed by atoms with Gasteiger partial charge < -0.3 is 15.7 Å². The monoisotopic (exact) mass is 278 g/mol. The predicted molar refractivity (Wildman–Crippen MR) is 64.7 cm³/mol. The van der Waals surface area contributed by atoms with E-state index in [1.54, 1.807) is 6.92 Å². The van der Waals surface area contributed by atoms with Gasteiger partial charge in [0.2, 0.25) is 0 Å². The molecule has 1 aromatic carbocycles. The summed E-state index contributed by atoms with van der Waals surface area (Å²) >= 11 is 5.44. The number of halogens is 3. The number of carbonyl (C=O) groups is 1. The summed E-state index contributed by atoms with van der Waals surface area (Å²) in [5.41, 5.74) is -0.561. The Morgan fingerprint density at radius 3 is 2.50 bits per heavy atom. The Bertz CT molecular complexity index is 418. The zero-order chi connectivity index (χ0) is 13.7. The average Bonchev–Trinajstić information content (AvgIpc) is 2.22. The summed E-state index contributed by atoms with van der Waals surface area (Å²) in [6.07, 6.45) is -0.215. The summed E-state index contributed by atoms with van der Waals surface area (Å²) in [5.74, 6) is -1.91. The van der Waals surface area contributed by atoms with Crippen LogP contribution in [0, 0.1) is 11.6 Å². The quantitative estimate of drug-likeness (QED) is 0.792. The molecule has 0 spiro atoms. The maximum atomic E-state index is 13.3. The normalized spacial score (nSPS) is 12.1. The minimum Gasteiger partial charge on any atom is -0.393 e. The Labute approximate surface area is 108 Å². The van der Waals surface area contributed by atoms with Crippen LogP contribution in [0.15, 0.2) is 12.1 Å². The molecule has 0 aliphatic heterocycles. The van der Waals surface area contributed by atoms with Crippen molar-refractivity contribution in [1.29, 1.82) is 0 Å². The third-order valence-electron chi connectivity index (χ3n) is 2.09. The number of hydrogen-bond acceptors (Lipinski definition) is 2. The molecule has 100 valence electrons. The van der Waals surface area contributed by atoms with Crippen molar-refractivity contribution >= 4 is 23.3 Å². The van der Waals surface area contributed by atoms with E-state index in [0.717, 1.165) is 12.1 Å². The molecule has 1 unspecified atom stereocenters. The Balaban J connectivity index is 2.59. The average molecular weight is 279 g/mol. The fourth-order valence-electron chi connectivity index (χ4n) is 1.21. The molecule has 0 fully saturated rings. The number of urea groups is 1. The van der Waals surface area contributed by atoms with E-state index in [9.17, 15) is 13.6 Å². The maximum Gasteiger partial charge on any atom is 0.319 e. The first-order valence-corrected chi connectivity index (χ1v) is 5.65. The van der Waals surface area contributed by atoms with Crippen LogP contribution in [0.2, 0.25) is 5.02 Å². The third kappa shape index (κ3) is 4.46. The summed E-state index contributed by atoms with van der Waals surface area (Å²) in [5, 5.41) is 13.3. The highest BCUT2D eigenvalue weighted by Crippen LogP contribution is 2.23. The van der Waals surface area contributed by atoms with Crippen molar-refractivity contribution < 1.29 is 18.7 Å². The van der Waals surface area contributed by atoms with Gasteiger partial charge >= 0.3 is 6.03 Å². The first kappa shape index (κ1) is 14.7. The molecular weight excluding hydrogens is 266 g/mol. The fraction of sp³-hybridized carbons (Fsp3) is 0.364. The molecule has 0 aromatic heterocycles. The molecule has 18 heavy (non-hydrogen) atoms. The molecule has 1 aromatic rings. The minimum atomic E-state index is -0.953. The van der Waals surface area contributed by atoms with Crippen molar-refractivity contribution in [2.75, 3.05) is 11.9 Å². The van der Waals surface area contributed by atoms with E-state index in [4.69, 9.17) is 16.7 Å². The van der Waals surface area contributed by atoms with Gasteiger partial charge in [-0.2, -0.15) is 0 Å². The summed E-state index contributed by atoms with van der Waals surface area (Å²) in [4.78, 5) is 11.3. The topological polar surface area (TPSA) is 61.4 Å². The van der Waals surface area contributed by atoms with Gasteiger partial charge in [-0.1, -0.05) is 11.6 Å². The molecule has 0 saturated carbocycles. The first-order valence-electron chi connectivity index (χ1n) is 5.27. The molecule has 4 nitrogen and oxygen atoms in total. The lowest BCUT2D eigenvalue weighted by atomic mass is 10.3. The fourth-order valence-corrected chi connectivity index (χ4v) is 1.41. The molecule has 1 atom stereocenters. The second-order valence-corrected chi connectivity index (χ2v) is 4.20. The number of nitrogens with one attached hydrogen (secondary N) is 2. The van der Waals surface area contributed by atoms with E-state index in [2.05, 4.69) is 5.32 Å². The van der Waals surface area contributed by atoms with Gasteiger partial charge in [-0.25, -0.2) is 13.6 Å². The molecule has 7 heteroatoms. The van der Waals surface area contributed by atoms with Crippen LogP contribution in [0.3, 0.4) is 0 Å². The van der Waals surface area contributed by atoms with Crippen LogP contribution in [0.1, 0.15) is 13.3 Å². The number of rotatable bonds is 4. The summed E-state index contributed by atoms with van der Waals surface area (Å²) in [6, 6.07) is 1.04. The van der Waals surface area contributed by atoms with Crippen LogP contribution in [-0.4, -0.2) is 23.8 Å². The molecule has 0 saturated heterocycles. The molecule has 1 rings (SSSR count). The Morgan fingerprint density at radius 2 is 2.00 bits per heavy atom. The highest BCUT2D eigenvalue weighted by atomic mass is 35.5. The third-order valence-corrected chi connectivity index (χ3v) is 2.31. The molecule has 0 bridgehead atoms. The van der Waals surface area contributed by atoms with Crippen LogP contribution >= 0.6 is 11.6 Å². The van der Waals surface area contributed by atoms with E-state index in [1.807, 2.05) is 5.32 Å². The maximum absolute atomic E-state index is 13.3. The number of aliphatic hydroxyl groups excluding tert-OH is 1. The van der Waals surface area contributed by atoms with Gasteiger partial charge in [-0.05, 0) is 25.5 Å². The molecule has 0 aliphatic rings. The minimum absolute atomic E-state index is 0.0925. The van der Waals surface area contributed by atoms with Crippen molar-refractivity contribution in [3.8, 4) is 0 Å². The van der Waals surface area contributed by atoms with Crippen LogP contribution < -0.4 is 10.6 Å². The van der Waals surface area contributed by atoms with Crippen molar-refractivity contribution in [1.82, 2.24) is 5.32 Å². The van der Waals surface area contributed by atoms with Crippen LogP contribution in [0.25, 0.3) is 0 Å². The van der Waals surface area contributed by atoms with Gasteiger partial charge in [-0.3, -0.25) is 0 Å². The van der Waals surface area contributed by atoms with Crippen molar-refractivity contribution in [2.45, 2.75) is 19.4 Å². The van der Waals surface area contributed by atoms with Crippen molar-refractivity contribution in [3.05, 3.63) is 28.8 Å². The number of carbonyl (C=O) groups excluding carboxylic acids is 1. The highest BCUT2D eigenvalue weighted by molar-refractivity contribution is 6.30. The Hall–Kier alpha value is -1.40. The van der Waals surface area contributed by atoms with E-state index >= 15 is 0 Å². The van der Waals surface area contributed by atoms with E-state index in [-0.39, 0.29) is 11.6 Å². The smallest absolute Gasteiger partial charge is 0.319 e. The number of benzene rings is 1. The Morgan fingerprint density at radius 1 is 1.44 bits per heavy atom. The Kier molecular flexibility index (Phi) is 5.30. The molecule has 0 radical (unpaired) electrons. The van der Waals surface area contributed by atoms with Gasteiger partial charge in [0.25, 0.3) is 0 Å². The van der Waals surface area contributed by atoms with E-state index in [0.29, 0.717) is 6.42 Å². The molecule has 0 heterocycles. The van der Waals surface area contributed by atoms with Crippen LogP contribution in [-0.2, 0) is 0 Å². The van der Waals surface area contributed by atoms with Crippen molar-refractivity contribution in [2.24, 2.45) is 0 Å². The van der Waals surface area contributed by atoms with E-state index < -0.39 is 29.5 Å². The summed E-state index contributed by atoms with van der Waals surface area (Å²) in [7, 11) is 0. The van der Waals surface area contributed by atoms with Crippen LogP contribution in [0.4, 0.5) is 19.3 Å². The van der Waals surface area contributed by atoms with Crippen molar-refractivity contribution in [3.63, 3.8) is 0 Å². The zero-order valence-electron chi connectivity index (χ0n) is 9.64. The van der Waals surface area contributed by atoms with Gasteiger partial charge in [-0.15, -0.1) is 0 Å². The second-order valence-electron chi connectivity index (χ2n) is 3.76. The molecule has 3 N–H and O–H groups in total. The standard InChI is InChI=1S/C11H13ClF2N2O2/c1-6(17)2-3-15-11(18)16-10-8(13)4-7(12)5-9(10)14/h4-6,17H,2-3H2,1H3,(H2,15,16,18). The van der Waals surface area contributed by atoms with Gasteiger partial charge in [0, 0.05) is 11.6 Å². The first-order chi connectivity index (χ1) is 8.40. The summed E-state index contributed by atoms with van der Waals surface area (Å²) < 4.78 is 26.6. The largest absolute Gasteiger partial charge is 0.393 e. The van der Waals surface area contributed by atoms with Gasteiger partial charge in [0.15, 0.2) is 11.6 Å². The predicted octanol–water partition coefficient (Wildman–Crippen LogP) is 2.51. The van der Waals surface area contributed by atoms with Gasteiger partial charge in [0.1, 0.15) is 5.69 Å².